The largest absolute Gasteiger partial charge is 0.231 e. The van der Waals surface area contributed by atoms with E-state index in [1.807, 2.05) is 11.4 Å². The monoisotopic (exact) mass is 286 g/mol. The minimum atomic E-state index is -0.136. The van der Waals surface area contributed by atoms with Crippen molar-refractivity contribution in [2.24, 2.45) is 0 Å². The smallest absolute Gasteiger partial charge is 0.136 e. The number of thiophene rings is 1. The summed E-state index contributed by atoms with van der Waals surface area (Å²) in [6.45, 7) is 6.16. The summed E-state index contributed by atoms with van der Waals surface area (Å²) in [5, 5.41) is 3.08. The van der Waals surface area contributed by atoms with Crippen molar-refractivity contribution < 1.29 is 0 Å². The lowest BCUT2D eigenvalue weighted by Crippen LogP contribution is -2.16. The van der Waals surface area contributed by atoms with Crippen molar-refractivity contribution in [3.63, 3.8) is 0 Å². The average Bonchev–Trinajstić information content (AvgIpc) is 2.62. The van der Waals surface area contributed by atoms with Crippen LogP contribution in [0, 0.1) is 0 Å². The van der Waals surface area contributed by atoms with Crippen LogP contribution in [-0.4, -0.2) is 9.97 Å². The predicted molar refractivity (Wildman–Crippen MR) is 74.1 cm³/mol. The van der Waals surface area contributed by atoms with Crippen molar-refractivity contribution in [3.8, 4) is 10.6 Å². The summed E-state index contributed by atoms with van der Waals surface area (Å²) >= 11 is 13.7. The Kier molecular flexibility index (Phi) is 3.43. The molecule has 0 aliphatic carbocycles. The third-order valence-corrected chi connectivity index (χ3v) is 3.77. The molecular weight excluding hydrogens is 275 g/mol. The molecule has 0 bridgehead atoms. The van der Waals surface area contributed by atoms with Crippen LogP contribution < -0.4 is 0 Å². The van der Waals surface area contributed by atoms with Gasteiger partial charge in [0, 0.05) is 11.5 Å². The van der Waals surface area contributed by atoms with E-state index in [0.717, 1.165) is 16.4 Å². The third kappa shape index (κ3) is 2.79. The fourth-order valence-electron chi connectivity index (χ4n) is 1.35. The lowest BCUT2D eigenvalue weighted by molar-refractivity contribution is 0.546. The van der Waals surface area contributed by atoms with Crippen LogP contribution in [0.1, 0.15) is 26.6 Å². The van der Waals surface area contributed by atoms with Crippen LogP contribution in [0.15, 0.2) is 17.5 Å². The minimum Gasteiger partial charge on any atom is -0.231 e. The van der Waals surface area contributed by atoms with Crippen LogP contribution >= 0.6 is 34.5 Å². The van der Waals surface area contributed by atoms with E-state index in [2.05, 4.69) is 30.7 Å². The van der Waals surface area contributed by atoms with Gasteiger partial charge in [0.15, 0.2) is 0 Å². The van der Waals surface area contributed by atoms with Gasteiger partial charge in [-0.1, -0.05) is 44.0 Å². The molecule has 0 unspecified atom stereocenters. The molecule has 2 heterocycles. The summed E-state index contributed by atoms with van der Waals surface area (Å²) in [4.78, 5) is 9.73. The Morgan fingerprint density at radius 3 is 2.41 bits per heavy atom. The summed E-state index contributed by atoms with van der Waals surface area (Å²) in [6, 6.07) is 3.60. The Hall–Kier alpha value is -0.640. The molecule has 0 aliphatic rings. The van der Waals surface area contributed by atoms with E-state index < -0.39 is 0 Å². The molecule has 0 saturated heterocycles. The number of nitrogens with zero attached hydrogens (tertiary/aromatic N) is 2. The van der Waals surface area contributed by atoms with Crippen LogP contribution in [0.5, 0.6) is 0 Å². The van der Waals surface area contributed by atoms with E-state index in [0.29, 0.717) is 10.2 Å². The predicted octanol–water partition coefficient (Wildman–Crippen LogP) is 4.81. The summed E-state index contributed by atoms with van der Waals surface area (Å²) in [6.07, 6.45) is 0. The molecule has 0 aliphatic heterocycles. The second-order valence-corrected chi connectivity index (χ2v) is 6.46. The first-order valence-electron chi connectivity index (χ1n) is 5.16. The van der Waals surface area contributed by atoms with Gasteiger partial charge in [-0.05, 0) is 11.4 Å². The van der Waals surface area contributed by atoms with Crippen molar-refractivity contribution in [2.75, 3.05) is 0 Å². The Labute approximate surface area is 115 Å². The third-order valence-electron chi connectivity index (χ3n) is 2.22. The zero-order valence-electron chi connectivity index (χ0n) is 9.79. The van der Waals surface area contributed by atoms with E-state index in [-0.39, 0.29) is 5.41 Å². The topological polar surface area (TPSA) is 25.8 Å². The standard InChI is InChI=1S/C12H12Cl2N2S/c1-12(2,3)11-15-8(6-9(14)16-11)10-7(13)4-5-17-10/h4-6H,1-3H3. The van der Waals surface area contributed by atoms with Gasteiger partial charge in [0.2, 0.25) is 0 Å². The number of hydrogen-bond donors (Lipinski definition) is 0. The highest BCUT2D eigenvalue weighted by Crippen LogP contribution is 2.34. The Bertz CT molecular complexity index is 544. The molecule has 0 fully saturated rings. The van der Waals surface area contributed by atoms with Crippen LogP contribution in [0.4, 0.5) is 0 Å². The normalized spacial score (nSPS) is 11.8. The van der Waals surface area contributed by atoms with E-state index in [9.17, 15) is 0 Å². The van der Waals surface area contributed by atoms with Gasteiger partial charge in [0.25, 0.3) is 0 Å². The molecule has 0 N–H and O–H groups in total. The molecule has 90 valence electrons. The van der Waals surface area contributed by atoms with Gasteiger partial charge in [-0.2, -0.15) is 0 Å². The molecular formula is C12H12Cl2N2S. The number of hydrogen-bond acceptors (Lipinski definition) is 3. The van der Waals surface area contributed by atoms with Crippen LogP contribution in [0.3, 0.4) is 0 Å². The number of rotatable bonds is 1. The van der Waals surface area contributed by atoms with Crippen LogP contribution in [0.25, 0.3) is 10.6 Å². The summed E-state index contributed by atoms with van der Waals surface area (Å²) in [7, 11) is 0. The Morgan fingerprint density at radius 2 is 1.88 bits per heavy atom. The number of aromatic nitrogens is 2. The van der Waals surface area contributed by atoms with Gasteiger partial charge < -0.3 is 0 Å². The van der Waals surface area contributed by atoms with E-state index in [4.69, 9.17) is 23.2 Å². The first-order valence-corrected chi connectivity index (χ1v) is 6.80. The molecule has 0 amide bonds. The number of halogens is 2. The van der Waals surface area contributed by atoms with Gasteiger partial charge in [-0.3, -0.25) is 0 Å². The molecule has 5 heteroatoms. The zero-order chi connectivity index (χ0) is 12.6. The van der Waals surface area contributed by atoms with Crippen LogP contribution in [-0.2, 0) is 5.41 Å². The molecule has 0 aromatic carbocycles. The van der Waals surface area contributed by atoms with Crippen molar-refractivity contribution in [2.45, 2.75) is 26.2 Å². The highest BCUT2D eigenvalue weighted by molar-refractivity contribution is 7.14. The van der Waals surface area contributed by atoms with Crippen LogP contribution in [0.2, 0.25) is 10.2 Å². The highest BCUT2D eigenvalue weighted by atomic mass is 35.5. The van der Waals surface area contributed by atoms with Gasteiger partial charge in [-0.15, -0.1) is 11.3 Å². The second-order valence-electron chi connectivity index (χ2n) is 4.75. The molecule has 2 aromatic heterocycles. The molecule has 0 saturated carbocycles. The maximum Gasteiger partial charge on any atom is 0.136 e. The molecule has 2 nitrogen and oxygen atoms in total. The maximum absolute atomic E-state index is 6.10. The SMILES string of the molecule is CC(C)(C)c1nc(Cl)cc(-c2sccc2Cl)n1. The van der Waals surface area contributed by atoms with Gasteiger partial charge in [-0.25, -0.2) is 9.97 Å². The van der Waals surface area contributed by atoms with Gasteiger partial charge in [0.1, 0.15) is 11.0 Å². The lowest BCUT2D eigenvalue weighted by Gasteiger charge is -2.17. The fourth-order valence-corrected chi connectivity index (χ4v) is 2.64. The molecule has 2 aromatic rings. The van der Waals surface area contributed by atoms with Crippen molar-refractivity contribution >= 4 is 34.5 Å². The first-order chi connectivity index (χ1) is 7.88. The maximum atomic E-state index is 6.10. The van der Waals surface area contributed by atoms with E-state index >= 15 is 0 Å². The second kappa shape index (κ2) is 4.56. The Balaban J connectivity index is 2.57. The average molecular weight is 287 g/mol. The zero-order valence-corrected chi connectivity index (χ0v) is 12.1. The molecule has 17 heavy (non-hydrogen) atoms. The van der Waals surface area contributed by atoms with E-state index in [1.165, 1.54) is 0 Å². The van der Waals surface area contributed by atoms with Crippen molar-refractivity contribution in [1.29, 1.82) is 0 Å². The quantitative estimate of drug-likeness (QED) is 0.703. The minimum absolute atomic E-state index is 0.136. The van der Waals surface area contributed by atoms with Gasteiger partial charge in [0.05, 0.1) is 15.6 Å². The summed E-state index contributed by atoms with van der Waals surface area (Å²) in [5.41, 5.74) is 0.651. The summed E-state index contributed by atoms with van der Waals surface area (Å²) < 4.78 is 0. The fraction of sp³-hybridized carbons (Fsp3) is 0.333. The Morgan fingerprint density at radius 1 is 1.18 bits per heavy atom. The molecule has 2 rings (SSSR count). The lowest BCUT2D eigenvalue weighted by atomic mass is 9.95. The molecule has 0 spiro atoms. The van der Waals surface area contributed by atoms with E-state index in [1.54, 1.807) is 17.4 Å². The first kappa shape index (κ1) is 12.8. The van der Waals surface area contributed by atoms with Crippen molar-refractivity contribution in [3.05, 3.63) is 33.5 Å². The summed E-state index contributed by atoms with van der Waals surface area (Å²) in [5.74, 6) is 0.726. The molecule has 0 atom stereocenters. The van der Waals surface area contributed by atoms with Crippen molar-refractivity contribution in [1.82, 2.24) is 9.97 Å². The molecule has 0 radical (unpaired) electrons. The highest BCUT2D eigenvalue weighted by Gasteiger charge is 2.20. The van der Waals surface area contributed by atoms with Gasteiger partial charge >= 0.3 is 0 Å².